The summed E-state index contributed by atoms with van der Waals surface area (Å²) >= 11 is 20.0. The Balaban J connectivity index is 0. The van der Waals surface area contributed by atoms with Crippen molar-refractivity contribution in [1.82, 2.24) is 0 Å². The Kier molecular flexibility index (Phi) is 9.33. The molecule has 0 unspecified atom stereocenters. The smallest absolute Gasteiger partial charge is 0.136 e. The van der Waals surface area contributed by atoms with E-state index < -0.39 is 6.16 Å². The number of hydrogen-bond acceptors (Lipinski definition) is 3. The summed E-state index contributed by atoms with van der Waals surface area (Å²) in [4.78, 5) is 8.33. The maximum absolute atomic E-state index is 8.33. The van der Waals surface area contributed by atoms with Crippen molar-refractivity contribution in [2.24, 2.45) is 0 Å². The van der Waals surface area contributed by atoms with Crippen molar-refractivity contribution >= 4 is 52.6 Å². The first kappa shape index (κ1) is 12.8. The molecular formula is C3Cl4O3-2. The number of carboxylic acid groups (broad SMARTS) is 2. The Morgan fingerprint density at radius 2 is 1.00 bits per heavy atom. The SMILES string of the molecule is ClC(Cl)=C(Cl)Cl.O=C([O-])[O-]. The van der Waals surface area contributed by atoms with Gasteiger partial charge < -0.3 is 15.0 Å². The monoisotopic (exact) mass is 224 g/mol. The summed E-state index contributed by atoms with van der Waals surface area (Å²) in [6.45, 7) is 0. The van der Waals surface area contributed by atoms with Gasteiger partial charge in [0.1, 0.15) is 8.98 Å². The Hall–Kier alpha value is 0.170. The number of hydrogen-bond donors (Lipinski definition) is 0. The second kappa shape index (κ2) is 7.28. The maximum Gasteiger partial charge on any atom is 0.136 e. The van der Waals surface area contributed by atoms with E-state index in [2.05, 4.69) is 0 Å². The van der Waals surface area contributed by atoms with Crippen molar-refractivity contribution in [2.75, 3.05) is 0 Å². The first-order valence-electron chi connectivity index (χ1n) is 1.62. The molecule has 0 N–H and O–H groups in total. The lowest BCUT2D eigenvalue weighted by atomic mass is 11.2. The lowest BCUT2D eigenvalue weighted by Gasteiger charge is -1.96. The van der Waals surface area contributed by atoms with Gasteiger partial charge in [0.15, 0.2) is 0 Å². The molecule has 0 aliphatic carbocycles. The fourth-order valence-electron chi connectivity index (χ4n) is 0. The van der Waals surface area contributed by atoms with E-state index >= 15 is 0 Å². The molecule has 0 aromatic rings. The third kappa shape index (κ3) is 24.2. The van der Waals surface area contributed by atoms with Crippen molar-refractivity contribution in [3.63, 3.8) is 0 Å². The van der Waals surface area contributed by atoms with Gasteiger partial charge in [0.25, 0.3) is 0 Å². The molecule has 0 saturated carbocycles. The van der Waals surface area contributed by atoms with Crippen LogP contribution in [-0.2, 0) is 0 Å². The first-order chi connectivity index (χ1) is 4.37. The summed E-state index contributed by atoms with van der Waals surface area (Å²) in [6, 6.07) is 0. The zero-order valence-corrected chi connectivity index (χ0v) is 7.26. The summed E-state index contributed by atoms with van der Waals surface area (Å²) in [7, 11) is 0. The normalized spacial score (nSPS) is 7.20. The van der Waals surface area contributed by atoms with Gasteiger partial charge in [-0.25, -0.2) is 0 Å². The third-order valence-electron chi connectivity index (χ3n) is 0.143. The second-order valence-corrected chi connectivity index (χ2v) is 2.67. The lowest BCUT2D eigenvalue weighted by molar-refractivity contribution is -0.415. The van der Waals surface area contributed by atoms with Crippen LogP contribution in [0.4, 0.5) is 4.79 Å². The van der Waals surface area contributed by atoms with E-state index in [0.29, 0.717) is 0 Å². The molecule has 0 aliphatic heterocycles. The number of carbonyl (C=O) groups excluding carboxylic acids is 1. The van der Waals surface area contributed by atoms with E-state index in [-0.39, 0.29) is 8.98 Å². The molecule has 3 nitrogen and oxygen atoms in total. The van der Waals surface area contributed by atoms with Gasteiger partial charge in [-0.15, -0.1) is 0 Å². The van der Waals surface area contributed by atoms with Gasteiger partial charge in [-0.05, 0) is 6.16 Å². The van der Waals surface area contributed by atoms with Crippen LogP contribution in [0.15, 0.2) is 8.98 Å². The molecule has 0 saturated heterocycles. The van der Waals surface area contributed by atoms with Crippen LogP contribution < -0.4 is 10.2 Å². The second-order valence-electron chi connectivity index (χ2n) is 0.771. The highest BCUT2D eigenvalue weighted by Crippen LogP contribution is 2.20. The number of carbonyl (C=O) groups is 1. The average molecular weight is 226 g/mol. The Labute approximate surface area is 76.7 Å². The molecule has 0 heterocycles. The van der Waals surface area contributed by atoms with Crippen LogP contribution in [0.1, 0.15) is 0 Å². The minimum atomic E-state index is -2.33. The number of rotatable bonds is 0. The van der Waals surface area contributed by atoms with Gasteiger partial charge in [-0.1, -0.05) is 46.4 Å². The fraction of sp³-hybridized carbons (Fsp3) is 0. The highest BCUT2D eigenvalue weighted by atomic mass is 35.5. The van der Waals surface area contributed by atoms with Crippen LogP contribution in [-0.4, -0.2) is 6.16 Å². The standard InChI is InChI=1S/C2Cl4.CH2O3/c3-1(4)2(5)6;2-1(3)4/h;(H2,2,3,4)/p-2. The summed E-state index contributed by atoms with van der Waals surface area (Å²) in [5.74, 6) is 0. The molecule has 10 heavy (non-hydrogen) atoms. The molecule has 0 atom stereocenters. The van der Waals surface area contributed by atoms with Crippen LogP contribution in [0.5, 0.6) is 0 Å². The molecule has 0 aliphatic rings. The fourth-order valence-corrected chi connectivity index (χ4v) is 0. The van der Waals surface area contributed by atoms with Gasteiger partial charge in [0.2, 0.25) is 0 Å². The molecule has 7 heteroatoms. The quantitative estimate of drug-likeness (QED) is 0.607. The van der Waals surface area contributed by atoms with Crippen LogP contribution in [0, 0.1) is 0 Å². The van der Waals surface area contributed by atoms with E-state index in [1.165, 1.54) is 0 Å². The van der Waals surface area contributed by atoms with Crippen LogP contribution in [0.25, 0.3) is 0 Å². The largest absolute Gasteiger partial charge is 0.652 e. The predicted molar refractivity (Wildman–Crippen MR) is 35.8 cm³/mol. The molecule has 0 spiro atoms. The topological polar surface area (TPSA) is 63.2 Å². The zero-order valence-electron chi connectivity index (χ0n) is 4.24. The van der Waals surface area contributed by atoms with Crippen LogP contribution in [0.3, 0.4) is 0 Å². The van der Waals surface area contributed by atoms with Crippen molar-refractivity contribution < 1.29 is 15.0 Å². The van der Waals surface area contributed by atoms with E-state index in [4.69, 9.17) is 61.4 Å². The van der Waals surface area contributed by atoms with Crippen molar-refractivity contribution in [3.8, 4) is 0 Å². The highest BCUT2D eigenvalue weighted by molar-refractivity contribution is 6.67. The average Bonchev–Trinajstić information content (AvgIpc) is 1.63. The van der Waals surface area contributed by atoms with Gasteiger partial charge >= 0.3 is 0 Å². The van der Waals surface area contributed by atoms with Gasteiger partial charge in [-0.2, -0.15) is 0 Å². The molecule has 0 radical (unpaired) electrons. The Morgan fingerprint density at radius 1 is 0.900 bits per heavy atom. The molecule has 0 aromatic carbocycles. The number of halogens is 4. The minimum Gasteiger partial charge on any atom is -0.652 e. The third-order valence-corrected chi connectivity index (χ3v) is 1.29. The van der Waals surface area contributed by atoms with Gasteiger partial charge in [0, 0.05) is 0 Å². The molecular weight excluding hydrogens is 226 g/mol. The van der Waals surface area contributed by atoms with E-state index in [1.807, 2.05) is 0 Å². The predicted octanol–water partition coefficient (Wildman–Crippen LogP) is 0.621. The molecule has 0 rings (SSSR count). The molecule has 0 fully saturated rings. The van der Waals surface area contributed by atoms with E-state index in [0.717, 1.165) is 0 Å². The van der Waals surface area contributed by atoms with E-state index in [1.54, 1.807) is 0 Å². The van der Waals surface area contributed by atoms with Crippen molar-refractivity contribution in [2.45, 2.75) is 0 Å². The molecule has 0 aromatic heterocycles. The van der Waals surface area contributed by atoms with Gasteiger partial charge in [0.05, 0.1) is 0 Å². The summed E-state index contributed by atoms with van der Waals surface area (Å²) in [5, 5.41) is 16.7. The summed E-state index contributed by atoms with van der Waals surface area (Å²) in [5.41, 5.74) is 0. The Bertz CT molecular complexity index is 121. The maximum atomic E-state index is 8.33. The summed E-state index contributed by atoms with van der Waals surface area (Å²) in [6.07, 6.45) is -2.33. The van der Waals surface area contributed by atoms with Crippen LogP contribution in [0.2, 0.25) is 0 Å². The van der Waals surface area contributed by atoms with Gasteiger partial charge in [-0.3, -0.25) is 0 Å². The molecule has 0 amide bonds. The van der Waals surface area contributed by atoms with E-state index in [9.17, 15) is 0 Å². The van der Waals surface area contributed by atoms with Crippen LogP contribution >= 0.6 is 46.4 Å². The van der Waals surface area contributed by atoms with Crippen molar-refractivity contribution in [1.29, 1.82) is 0 Å². The molecule has 0 bridgehead atoms. The first-order valence-corrected chi connectivity index (χ1v) is 3.13. The minimum absolute atomic E-state index is 0.0988. The van der Waals surface area contributed by atoms with Crippen molar-refractivity contribution in [3.05, 3.63) is 8.98 Å². The Morgan fingerprint density at radius 3 is 1.00 bits per heavy atom. The molecule has 60 valence electrons. The summed E-state index contributed by atoms with van der Waals surface area (Å²) < 4.78 is -0.198. The highest BCUT2D eigenvalue weighted by Gasteiger charge is 1.88. The lowest BCUT2D eigenvalue weighted by Crippen LogP contribution is -2.37. The zero-order chi connectivity index (χ0) is 8.73.